The standard InChI is InChI=1S/C16H14ClF5N4OS/c1-25-6-10(12(24-25)13(18)19)15(27)26(9-2-3-9)7-28-14-11(17)4-8(5-23-14)16(20,21)22/h4-6,9,13H,2-3,7H2,1H3. The van der Waals surface area contributed by atoms with Crippen molar-refractivity contribution in [3.8, 4) is 0 Å². The van der Waals surface area contributed by atoms with E-state index in [-0.39, 0.29) is 27.5 Å². The lowest BCUT2D eigenvalue weighted by Gasteiger charge is -2.22. The molecule has 152 valence electrons. The van der Waals surface area contributed by atoms with E-state index in [4.69, 9.17) is 11.6 Å². The van der Waals surface area contributed by atoms with E-state index in [0.29, 0.717) is 19.0 Å². The third kappa shape index (κ3) is 4.57. The zero-order valence-electron chi connectivity index (χ0n) is 14.4. The van der Waals surface area contributed by atoms with Crippen LogP contribution in [0.3, 0.4) is 0 Å². The number of carbonyl (C=O) groups is 1. The lowest BCUT2D eigenvalue weighted by molar-refractivity contribution is -0.137. The summed E-state index contributed by atoms with van der Waals surface area (Å²) in [5, 5.41) is 3.55. The van der Waals surface area contributed by atoms with Crippen LogP contribution in [0, 0.1) is 0 Å². The molecule has 0 unspecified atom stereocenters. The first kappa shape index (κ1) is 20.8. The van der Waals surface area contributed by atoms with Crippen molar-refractivity contribution < 1.29 is 26.7 Å². The summed E-state index contributed by atoms with van der Waals surface area (Å²) in [6, 6.07) is 0.634. The van der Waals surface area contributed by atoms with Crippen LogP contribution in [0.2, 0.25) is 5.02 Å². The lowest BCUT2D eigenvalue weighted by atomic mass is 10.2. The quantitative estimate of drug-likeness (QED) is 0.368. The van der Waals surface area contributed by atoms with Crippen molar-refractivity contribution in [2.45, 2.75) is 36.5 Å². The molecule has 1 saturated carbocycles. The predicted octanol–water partition coefficient (Wildman–Crippen LogP) is 4.78. The van der Waals surface area contributed by atoms with Crippen LogP contribution >= 0.6 is 23.4 Å². The van der Waals surface area contributed by atoms with Gasteiger partial charge in [0, 0.05) is 25.5 Å². The second kappa shape index (κ2) is 7.86. The van der Waals surface area contributed by atoms with Gasteiger partial charge in [-0.15, -0.1) is 0 Å². The molecule has 3 rings (SSSR count). The molecule has 0 spiro atoms. The second-order valence-corrected chi connectivity index (χ2v) is 7.53. The van der Waals surface area contributed by atoms with Crippen molar-refractivity contribution in [2.24, 2.45) is 7.05 Å². The Balaban J connectivity index is 1.77. The molecule has 0 aliphatic heterocycles. The summed E-state index contributed by atoms with van der Waals surface area (Å²) in [6.45, 7) is 0. The van der Waals surface area contributed by atoms with E-state index in [2.05, 4.69) is 10.1 Å². The number of aryl methyl sites for hydroxylation is 1. The molecule has 12 heteroatoms. The summed E-state index contributed by atoms with van der Waals surface area (Å²) >= 11 is 6.85. The van der Waals surface area contributed by atoms with Crippen LogP contribution in [-0.2, 0) is 13.2 Å². The van der Waals surface area contributed by atoms with Gasteiger partial charge in [-0.3, -0.25) is 9.48 Å². The van der Waals surface area contributed by atoms with Crippen LogP contribution in [-0.4, -0.2) is 37.5 Å². The van der Waals surface area contributed by atoms with Crippen LogP contribution < -0.4 is 0 Å². The number of aromatic nitrogens is 3. The van der Waals surface area contributed by atoms with E-state index in [0.717, 1.165) is 22.5 Å². The van der Waals surface area contributed by atoms with E-state index >= 15 is 0 Å². The molecular formula is C16H14ClF5N4OS. The Bertz CT molecular complexity index is 884. The summed E-state index contributed by atoms with van der Waals surface area (Å²) < 4.78 is 65.5. The summed E-state index contributed by atoms with van der Waals surface area (Å²) in [4.78, 5) is 17.9. The van der Waals surface area contributed by atoms with Gasteiger partial charge in [0.25, 0.3) is 12.3 Å². The number of pyridine rings is 1. The molecule has 5 nitrogen and oxygen atoms in total. The van der Waals surface area contributed by atoms with E-state index in [1.165, 1.54) is 18.1 Å². The molecule has 2 aromatic rings. The van der Waals surface area contributed by atoms with Crippen molar-refractivity contribution >= 4 is 29.3 Å². The SMILES string of the molecule is Cn1cc(C(=O)N(CSc2ncc(C(F)(F)F)cc2Cl)C2CC2)c(C(F)F)n1. The second-order valence-electron chi connectivity index (χ2n) is 6.19. The lowest BCUT2D eigenvalue weighted by Crippen LogP contribution is -2.33. The molecule has 2 aromatic heterocycles. The minimum Gasteiger partial charge on any atom is -0.326 e. The fourth-order valence-electron chi connectivity index (χ4n) is 2.52. The summed E-state index contributed by atoms with van der Waals surface area (Å²) in [5.74, 6) is -0.597. The van der Waals surface area contributed by atoms with Gasteiger partial charge in [-0.2, -0.15) is 18.3 Å². The fraction of sp³-hybridized carbons (Fsp3) is 0.438. The smallest absolute Gasteiger partial charge is 0.326 e. The van der Waals surface area contributed by atoms with Gasteiger partial charge in [0.2, 0.25) is 0 Å². The highest BCUT2D eigenvalue weighted by atomic mass is 35.5. The van der Waals surface area contributed by atoms with Crippen molar-refractivity contribution in [1.82, 2.24) is 19.7 Å². The fourth-order valence-corrected chi connectivity index (χ4v) is 3.76. The van der Waals surface area contributed by atoms with E-state index < -0.39 is 29.8 Å². The third-order valence-electron chi connectivity index (χ3n) is 4.02. The minimum atomic E-state index is -4.57. The van der Waals surface area contributed by atoms with Crippen LogP contribution in [0.1, 0.15) is 40.9 Å². The number of hydrogen-bond acceptors (Lipinski definition) is 4. The molecule has 1 aliphatic carbocycles. The molecule has 0 saturated heterocycles. The van der Waals surface area contributed by atoms with Crippen LogP contribution in [0.25, 0.3) is 0 Å². The average molecular weight is 441 g/mol. The normalized spacial score (nSPS) is 14.6. The van der Waals surface area contributed by atoms with E-state index in [1.54, 1.807) is 0 Å². The first-order valence-corrected chi connectivity index (χ1v) is 9.42. The zero-order valence-corrected chi connectivity index (χ0v) is 16.0. The minimum absolute atomic E-state index is 0.0131. The Kier molecular flexibility index (Phi) is 5.85. The van der Waals surface area contributed by atoms with E-state index in [1.807, 2.05) is 0 Å². The number of halogens is 6. The highest BCUT2D eigenvalue weighted by molar-refractivity contribution is 7.99. The Hall–Kier alpha value is -1.88. The Labute approximate surface area is 165 Å². The summed E-state index contributed by atoms with van der Waals surface area (Å²) in [5.41, 5.74) is -1.78. The average Bonchev–Trinajstić information content (AvgIpc) is 3.35. The molecule has 28 heavy (non-hydrogen) atoms. The number of hydrogen-bond donors (Lipinski definition) is 0. The van der Waals surface area contributed by atoms with Gasteiger partial charge < -0.3 is 4.90 Å². The Morgan fingerprint density at radius 2 is 2.11 bits per heavy atom. The highest BCUT2D eigenvalue weighted by Gasteiger charge is 2.36. The molecule has 1 aliphatic rings. The Morgan fingerprint density at radius 3 is 2.64 bits per heavy atom. The molecule has 1 amide bonds. The highest BCUT2D eigenvalue weighted by Crippen LogP contribution is 2.36. The summed E-state index contributed by atoms with van der Waals surface area (Å²) in [6.07, 6.45) is -4.15. The number of nitrogens with zero attached hydrogens (tertiary/aromatic N) is 4. The van der Waals surface area contributed by atoms with Crippen LogP contribution in [0.15, 0.2) is 23.5 Å². The van der Waals surface area contributed by atoms with Gasteiger partial charge in [0.1, 0.15) is 10.7 Å². The number of carbonyl (C=O) groups excluding carboxylic acids is 1. The van der Waals surface area contributed by atoms with Crippen LogP contribution in [0.4, 0.5) is 22.0 Å². The molecule has 0 atom stereocenters. The largest absolute Gasteiger partial charge is 0.417 e. The first-order chi connectivity index (χ1) is 13.1. The molecule has 0 aromatic carbocycles. The van der Waals surface area contributed by atoms with Crippen molar-refractivity contribution in [3.63, 3.8) is 0 Å². The van der Waals surface area contributed by atoms with Gasteiger partial charge >= 0.3 is 6.18 Å². The van der Waals surface area contributed by atoms with Gasteiger partial charge in [0.05, 0.1) is 22.0 Å². The molecular weight excluding hydrogens is 427 g/mol. The maximum atomic E-state index is 13.1. The third-order valence-corrected chi connectivity index (χ3v) is 5.42. The number of thioether (sulfide) groups is 1. The molecule has 0 N–H and O–H groups in total. The van der Waals surface area contributed by atoms with Crippen LogP contribution in [0.5, 0.6) is 0 Å². The maximum absolute atomic E-state index is 13.1. The Morgan fingerprint density at radius 1 is 1.43 bits per heavy atom. The first-order valence-electron chi connectivity index (χ1n) is 8.06. The number of alkyl halides is 5. The maximum Gasteiger partial charge on any atom is 0.417 e. The van der Waals surface area contributed by atoms with Gasteiger partial charge in [0.15, 0.2) is 0 Å². The van der Waals surface area contributed by atoms with E-state index in [9.17, 15) is 26.7 Å². The molecule has 0 radical (unpaired) electrons. The van der Waals surface area contributed by atoms with Gasteiger partial charge in [-0.1, -0.05) is 23.4 Å². The summed E-state index contributed by atoms with van der Waals surface area (Å²) in [7, 11) is 1.44. The van der Waals surface area contributed by atoms with Crippen molar-refractivity contribution in [3.05, 3.63) is 40.3 Å². The number of rotatable bonds is 6. The predicted molar refractivity (Wildman–Crippen MR) is 92.3 cm³/mol. The topological polar surface area (TPSA) is 51.0 Å². The molecule has 2 heterocycles. The monoisotopic (exact) mass is 440 g/mol. The zero-order chi connectivity index (χ0) is 20.6. The number of amides is 1. The van der Waals surface area contributed by atoms with Crippen molar-refractivity contribution in [2.75, 3.05) is 5.88 Å². The van der Waals surface area contributed by atoms with Crippen molar-refractivity contribution in [1.29, 1.82) is 0 Å². The molecule has 1 fully saturated rings. The molecule has 0 bridgehead atoms. The van der Waals surface area contributed by atoms with Gasteiger partial charge in [-0.25, -0.2) is 13.8 Å². The van der Waals surface area contributed by atoms with Gasteiger partial charge in [-0.05, 0) is 18.9 Å².